The normalized spacial score (nSPS) is 26.2. The van der Waals surface area contributed by atoms with E-state index in [1.54, 1.807) is 6.26 Å². The second-order valence-electron chi connectivity index (χ2n) is 6.12. The van der Waals surface area contributed by atoms with Gasteiger partial charge in [0.05, 0.1) is 24.4 Å². The molecule has 2 atom stereocenters. The summed E-state index contributed by atoms with van der Waals surface area (Å²) >= 11 is 0. The van der Waals surface area contributed by atoms with Crippen molar-refractivity contribution in [2.45, 2.75) is 25.2 Å². The maximum atomic E-state index is 5.99. The molecule has 22 heavy (non-hydrogen) atoms. The third-order valence-corrected chi connectivity index (χ3v) is 4.60. The van der Waals surface area contributed by atoms with Gasteiger partial charge in [0.25, 0.3) is 0 Å². The maximum Gasteiger partial charge on any atom is 0.124 e. The van der Waals surface area contributed by atoms with Gasteiger partial charge in [0.15, 0.2) is 0 Å². The number of morpholine rings is 1. The van der Waals surface area contributed by atoms with E-state index in [1.165, 1.54) is 5.56 Å². The summed E-state index contributed by atoms with van der Waals surface area (Å²) in [6.07, 6.45) is 1.95. The molecule has 2 saturated heterocycles. The third kappa shape index (κ3) is 2.92. The van der Waals surface area contributed by atoms with Gasteiger partial charge in [0.1, 0.15) is 6.26 Å². The van der Waals surface area contributed by atoms with E-state index in [0.29, 0.717) is 12.1 Å². The van der Waals surface area contributed by atoms with Crippen LogP contribution in [0, 0.1) is 0 Å². The molecule has 0 N–H and O–H groups in total. The van der Waals surface area contributed by atoms with Crippen molar-refractivity contribution in [2.24, 2.45) is 0 Å². The molecule has 0 radical (unpaired) electrons. The lowest BCUT2D eigenvalue weighted by Gasteiger charge is -2.37. The number of hydrogen-bond donors (Lipinski definition) is 0. The molecule has 0 saturated carbocycles. The molecule has 116 valence electrons. The van der Waals surface area contributed by atoms with Crippen LogP contribution in [0.2, 0.25) is 0 Å². The van der Waals surface area contributed by atoms with Crippen molar-refractivity contribution in [1.82, 2.24) is 15.0 Å². The minimum Gasteiger partial charge on any atom is -0.374 e. The summed E-state index contributed by atoms with van der Waals surface area (Å²) in [5.41, 5.74) is 2.37. The first-order chi connectivity index (χ1) is 10.9. The molecule has 2 aliphatic heterocycles. The molecule has 5 heteroatoms. The lowest BCUT2D eigenvalue weighted by atomic mass is 10.1. The fourth-order valence-corrected chi connectivity index (χ4v) is 3.53. The fraction of sp³-hybridized carbons (Fsp3) is 0.471. The van der Waals surface area contributed by atoms with Crippen LogP contribution in [-0.2, 0) is 17.8 Å². The maximum absolute atomic E-state index is 5.99. The Morgan fingerprint density at radius 3 is 2.82 bits per heavy atom. The average Bonchev–Trinajstić information content (AvgIpc) is 3.18. The van der Waals surface area contributed by atoms with Crippen LogP contribution in [0.15, 0.2) is 47.2 Å². The van der Waals surface area contributed by atoms with Gasteiger partial charge >= 0.3 is 0 Å². The van der Waals surface area contributed by atoms with Gasteiger partial charge in [-0.25, -0.2) is 0 Å². The van der Waals surface area contributed by atoms with Crippen LogP contribution in [0.1, 0.15) is 11.3 Å². The molecule has 0 aliphatic carbocycles. The van der Waals surface area contributed by atoms with E-state index in [1.807, 2.05) is 6.07 Å². The van der Waals surface area contributed by atoms with E-state index in [-0.39, 0.29) is 0 Å². The zero-order valence-electron chi connectivity index (χ0n) is 12.6. The van der Waals surface area contributed by atoms with Crippen LogP contribution in [0.5, 0.6) is 0 Å². The Bertz CT molecular complexity index is 587. The van der Waals surface area contributed by atoms with Crippen LogP contribution in [0.3, 0.4) is 0 Å². The fourth-order valence-electron chi connectivity index (χ4n) is 3.53. The molecule has 2 aromatic rings. The molecule has 1 aromatic heterocycles. The number of likely N-dealkylation sites (tertiary alicyclic amines) is 1. The van der Waals surface area contributed by atoms with Gasteiger partial charge in [0, 0.05) is 38.8 Å². The predicted octanol–water partition coefficient (Wildman–Crippen LogP) is 1.76. The summed E-state index contributed by atoms with van der Waals surface area (Å²) in [5.74, 6) is 0. The molecule has 5 nitrogen and oxygen atoms in total. The highest BCUT2D eigenvalue weighted by Gasteiger charge is 2.39. The van der Waals surface area contributed by atoms with Crippen molar-refractivity contribution in [1.29, 1.82) is 0 Å². The van der Waals surface area contributed by atoms with E-state index in [0.717, 1.165) is 45.0 Å². The van der Waals surface area contributed by atoms with Gasteiger partial charge in [-0.1, -0.05) is 35.5 Å². The second-order valence-corrected chi connectivity index (χ2v) is 6.12. The first-order valence-corrected chi connectivity index (χ1v) is 7.90. The second kappa shape index (κ2) is 6.20. The predicted molar refractivity (Wildman–Crippen MR) is 82.2 cm³/mol. The molecule has 0 spiro atoms. The van der Waals surface area contributed by atoms with E-state index in [9.17, 15) is 0 Å². The molecule has 1 aromatic carbocycles. The van der Waals surface area contributed by atoms with E-state index in [2.05, 4.69) is 45.3 Å². The number of aromatic nitrogens is 1. The van der Waals surface area contributed by atoms with Crippen LogP contribution in [-0.4, -0.2) is 53.3 Å². The minimum absolute atomic E-state index is 0.310. The Morgan fingerprint density at radius 1 is 1.09 bits per heavy atom. The highest BCUT2D eigenvalue weighted by molar-refractivity contribution is 5.15. The average molecular weight is 299 g/mol. The summed E-state index contributed by atoms with van der Waals surface area (Å²) in [7, 11) is 0. The van der Waals surface area contributed by atoms with Crippen molar-refractivity contribution in [3.63, 3.8) is 0 Å². The Balaban J connectivity index is 1.42. The van der Waals surface area contributed by atoms with Crippen LogP contribution >= 0.6 is 0 Å². The van der Waals surface area contributed by atoms with Gasteiger partial charge < -0.3 is 9.26 Å². The van der Waals surface area contributed by atoms with Crippen molar-refractivity contribution < 1.29 is 9.26 Å². The number of fused-ring (bicyclic) bond motifs is 1. The van der Waals surface area contributed by atoms with Gasteiger partial charge in [-0.2, -0.15) is 0 Å². The molecule has 2 aliphatic rings. The molecule has 4 rings (SSSR count). The number of nitrogens with zero attached hydrogens (tertiary/aromatic N) is 3. The highest BCUT2D eigenvalue weighted by Crippen LogP contribution is 2.25. The molecule has 2 fully saturated rings. The molecule has 0 amide bonds. The van der Waals surface area contributed by atoms with E-state index in [4.69, 9.17) is 9.26 Å². The number of benzene rings is 1. The summed E-state index contributed by atoms with van der Waals surface area (Å²) in [6.45, 7) is 5.68. The largest absolute Gasteiger partial charge is 0.374 e. The van der Waals surface area contributed by atoms with Gasteiger partial charge in [-0.05, 0) is 5.56 Å². The zero-order chi connectivity index (χ0) is 14.8. The molecule has 0 bridgehead atoms. The molecule has 3 heterocycles. The number of rotatable bonds is 4. The first kappa shape index (κ1) is 13.9. The minimum atomic E-state index is 0.310. The quantitative estimate of drug-likeness (QED) is 0.860. The van der Waals surface area contributed by atoms with Crippen LogP contribution < -0.4 is 0 Å². The Kier molecular flexibility index (Phi) is 3.93. The summed E-state index contributed by atoms with van der Waals surface area (Å²) in [5, 5.41) is 4.01. The first-order valence-electron chi connectivity index (χ1n) is 7.90. The van der Waals surface area contributed by atoms with Crippen LogP contribution in [0.4, 0.5) is 0 Å². The standard InChI is InChI=1S/C17H21N3O2/c1-2-4-14(5-3-1)10-20-7-9-21-17-13-19(12-16(17)20)11-15-6-8-22-18-15/h1-6,8,16-17H,7,9-13H2/t16-,17-/m0/s1. The van der Waals surface area contributed by atoms with Crippen molar-refractivity contribution in [2.75, 3.05) is 26.2 Å². The SMILES string of the molecule is c1ccc(CN2CCO[C@H]3CN(Cc4ccon4)C[C@@H]32)cc1. The van der Waals surface area contributed by atoms with E-state index < -0.39 is 0 Å². The third-order valence-electron chi connectivity index (χ3n) is 4.60. The number of hydrogen-bond acceptors (Lipinski definition) is 5. The Morgan fingerprint density at radius 2 is 2.00 bits per heavy atom. The molecular formula is C17H21N3O2. The Hall–Kier alpha value is -1.69. The zero-order valence-corrected chi connectivity index (χ0v) is 12.6. The Labute approximate surface area is 130 Å². The molecule has 0 unspecified atom stereocenters. The molecular weight excluding hydrogens is 278 g/mol. The van der Waals surface area contributed by atoms with Gasteiger partial charge in [0.2, 0.25) is 0 Å². The highest BCUT2D eigenvalue weighted by atomic mass is 16.5. The van der Waals surface area contributed by atoms with Crippen molar-refractivity contribution in [3.8, 4) is 0 Å². The number of ether oxygens (including phenoxy) is 1. The smallest absolute Gasteiger partial charge is 0.124 e. The van der Waals surface area contributed by atoms with Gasteiger partial charge in [-0.15, -0.1) is 0 Å². The monoisotopic (exact) mass is 299 g/mol. The van der Waals surface area contributed by atoms with E-state index >= 15 is 0 Å². The lowest BCUT2D eigenvalue weighted by molar-refractivity contribution is -0.0504. The van der Waals surface area contributed by atoms with Crippen LogP contribution in [0.25, 0.3) is 0 Å². The topological polar surface area (TPSA) is 41.7 Å². The lowest BCUT2D eigenvalue weighted by Crippen LogP contribution is -2.50. The summed E-state index contributed by atoms with van der Waals surface area (Å²) < 4.78 is 10.9. The van der Waals surface area contributed by atoms with Gasteiger partial charge in [-0.3, -0.25) is 9.80 Å². The summed E-state index contributed by atoms with van der Waals surface area (Å²) in [4.78, 5) is 4.97. The van der Waals surface area contributed by atoms with Crippen molar-refractivity contribution >= 4 is 0 Å². The summed E-state index contributed by atoms with van der Waals surface area (Å²) in [6, 6.07) is 13.1. The van der Waals surface area contributed by atoms with Crippen molar-refractivity contribution in [3.05, 3.63) is 53.9 Å².